The SMILES string of the molecule is CCCCCCCCCCNC(=O)C([NH3+])CCCNC(N)[NH3+].[Cl-].[Cl-]. The molecule has 0 aromatic rings. The van der Waals surface area contributed by atoms with Crippen molar-refractivity contribution >= 4 is 5.91 Å². The number of nitrogens with one attached hydrogen (secondary N) is 2. The molecule has 0 spiro atoms. The number of unbranched alkanes of at least 4 members (excludes halogenated alkanes) is 7. The minimum atomic E-state index is -0.237. The van der Waals surface area contributed by atoms with Gasteiger partial charge in [-0.25, -0.2) is 0 Å². The first-order valence-electron chi connectivity index (χ1n) is 9.00. The Balaban J connectivity index is -0.00000220. The molecule has 2 unspecified atom stereocenters. The van der Waals surface area contributed by atoms with Crippen LogP contribution in [0.15, 0.2) is 0 Å². The molecule has 2 atom stereocenters. The van der Waals surface area contributed by atoms with Gasteiger partial charge in [-0.05, 0) is 12.8 Å². The maximum Gasteiger partial charge on any atom is 0.278 e. The predicted molar refractivity (Wildman–Crippen MR) is 90.4 cm³/mol. The smallest absolute Gasteiger partial charge is 0.278 e. The van der Waals surface area contributed by atoms with Crippen LogP contribution in [0.3, 0.4) is 0 Å². The van der Waals surface area contributed by atoms with E-state index in [0.29, 0.717) is 0 Å². The largest absolute Gasteiger partial charge is 1.00 e. The van der Waals surface area contributed by atoms with Crippen molar-refractivity contribution in [3.05, 3.63) is 0 Å². The van der Waals surface area contributed by atoms with E-state index < -0.39 is 0 Å². The van der Waals surface area contributed by atoms with Crippen LogP contribution in [-0.4, -0.2) is 31.3 Å². The van der Waals surface area contributed by atoms with Crippen molar-refractivity contribution in [1.29, 1.82) is 0 Å². The van der Waals surface area contributed by atoms with E-state index in [1.54, 1.807) is 0 Å². The molecule has 0 aliphatic heterocycles. The maximum absolute atomic E-state index is 11.8. The van der Waals surface area contributed by atoms with E-state index in [0.717, 1.165) is 32.4 Å². The summed E-state index contributed by atoms with van der Waals surface area (Å²) in [5, 5.41) is 6.02. The van der Waals surface area contributed by atoms with Crippen molar-refractivity contribution < 1.29 is 41.1 Å². The van der Waals surface area contributed by atoms with Gasteiger partial charge in [-0.15, -0.1) is 0 Å². The van der Waals surface area contributed by atoms with Gasteiger partial charge in [-0.1, -0.05) is 51.9 Å². The number of quaternary nitrogens is 2. The third-order valence-electron chi connectivity index (χ3n) is 3.84. The molecule has 0 saturated heterocycles. The van der Waals surface area contributed by atoms with Gasteiger partial charge in [-0.3, -0.25) is 15.8 Å². The number of rotatable bonds is 15. The van der Waals surface area contributed by atoms with Gasteiger partial charge in [0, 0.05) is 19.5 Å². The zero-order valence-corrected chi connectivity index (χ0v) is 16.8. The molecular weight excluding hydrogens is 349 g/mol. The highest BCUT2D eigenvalue weighted by atomic mass is 35.5. The Morgan fingerprint density at radius 2 is 1.46 bits per heavy atom. The van der Waals surface area contributed by atoms with Crippen molar-refractivity contribution in [2.75, 3.05) is 13.1 Å². The van der Waals surface area contributed by atoms with Gasteiger partial charge in [-0.2, -0.15) is 0 Å². The zero-order chi connectivity index (χ0) is 16.6. The molecule has 0 aromatic heterocycles. The van der Waals surface area contributed by atoms with Crippen LogP contribution in [-0.2, 0) is 4.79 Å². The molecule has 0 saturated carbocycles. The monoisotopic (exact) mass is 387 g/mol. The van der Waals surface area contributed by atoms with E-state index in [2.05, 4.69) is 29.0 Å². The van der Waals surface area contributed by atoms with E-state index in [1.165, 1.54) is 44.9 Å². The molecule has 0 heterocycles. The molecule has 1 amide bonds. The summed E-state index contributed by atoms with van der Waals surface area (Å²) in [6.45, 7) is 3.80. The highest BCUT2D eigenvalue weighted by molar-refractivity contribution is 5.79. The van der Waals surface area contributed by atoms with Crippen LogP contribution in [0.4, 0.5) is 0 Å². The number of hydrogen-bond donors (Lipinski definition) is 5. The van der Waals surface area contributed by atoms with E-state index in [1.807, 2.05) is 0 Å². The Kier molecular flexibility index (Phi) is 25.0. The first-order chi connectivity index (χ1) is 10.6. The molecule has 148 valence electrons. The lowest BCUT2D eigenvalue weighted by Crippen LogP contribution is -3.00. The molecule has 0 bridgehead atoms. The Hall–Kier alpha value is -0.110. The summed E-state index contributed by atoms with van der Waals surface area (Å²) in [6, 6.07) is -0.170. The van der Waals surface area contributed by atoms with Crippen LogP contribution in [0.25, 0.3) is 0 Å². The lowest BCUT2D eigenvalue weighted by Gasteiger charge is -2.10. The van der Waals surface area contributed by atoms with Gasteiger partial charge in [0.1, 0.15) is 0 Å². The second kappa shape index (κ2) is 20.9. The van der Waals surface area contributed by atoms with Crippen molar-refractivity contribution in [2.45, 2.75) is 83.5 Å². The minimum Gasteiger partial charge on any atom is -1.00 e. The third-order valence-corrected chi connectivity index (χ3v) is 3.84. The molecule has 0 rings (SSSR count). The molecule has 0 aliphatic carbocycles. The number of amides is 1. The lowest BCUT2D eigenvalue weighted by molar-refractivity contribution is -0.427. The van der Waals surface area contributed by atoms with Gasteiger partial charge < -0.3 is 41.6 Å². The molecule has 8 heteroatoms. The fourth-order valence-electron chi connectivity index (χ4n) is 2.38. The van der Waals surface area contributed by atoms with Crippen LogP contribution < -0.4 is 52.6 Å². The van der Waals surface area contributed by atoms with Crippen LogP contribution in [0.1, 0.15) is 71.1 Å². The van der Waals surface area contributed by atoms with Crippen molar-refractivity contribution in [3.63, 3.8) is 0 Å². The maximum atomic E-state index is 11.8. The summed E-state index contributed by atoms with van der Waals surface area (Å²) in [5.74, 6) is 0.0712. The number of halogens is 2. The number of carbonyl (C=O) groups is 1. The summed E-state index contributed by atoms with van der Waals surface area (Å²) >= 11 is 0. The van der Waals surface area contributed by atoms with Crippen LogP contribution in [0, 0.1) is 0 Å². The molecule has 0 radical (unpaired) electrons. The normalized spacial score (nSPS) is 12.7. The predicted octanol–water partition coefficient (Wildman–Crippen LogP) is -6.28. The average Bonchev–Trinajstić information content (AvgIpc) is 2.49. The van der Waals surface area contributed by atoms with Gasteiger partial charge in [0.25, 0.3) is 5.91 Å². The lowest BCUT2D eigenvalue weighted by atomic mass is 10.1. The van der Waals surface area contributed by atoms with E-state index in [-0.39, 0.29) is 43.1 Å². The van der Waals surface area contributed by atoms with Gasteiger partial charge in [0.05, 0.1) is 0 Å². The highest BCUT2D eigenvalue weighted by Gasteiger charge is 2.15. The van der Waals surface area contributed by atoms with Crippen LogP contribution in [0.2, 0.25) is 0 Å². The van der Waals surface area contributed by atoms with E-state index >= 15 is 0 Å². The molecule has 0 aromatic carbocycles. The Morgan fingerprint density at radius 1 is 0.917 bits per heavy atom. The van der Waals surface area contributed by atoms with E-state index in [4.69, 9.17) is 5.73 Å². The standard InChI is InChI=1S/C16H37N5O.2ClH/c1-2-3-4-5-6-7-8-9-12-20-15(22)14(17)11-10-13-21-16(18)19;;/h14,16,21H,2-13,17-19H2,1H3,(H,20,22);2*1H. The highest BCUT2D eigenvalue weighted by Crippen LogP contribution is 2.07. The van der Waals surface area contributed by atoms with Crippen LogP contribution in [0.5, 0.6) is 0 Å². The summed E-state index contributed by atoms with van der Waals surface area (Å²) in [7, 11) is 0. The average molecular weight is 388 g/mol. The second-order valence-corrected chi connectivity index (χ2v) is 6.17. The number of carbonyl (C=O) groups excluding carboxylic acids is 1. The fraction of sp³-hybridized carbons (Fsp3) is 0.938. The Labute approximate surface area is 160 Å². The van der Waals surface area contributed by atoms with E-state index in [9.17, 15) is 4.79 Å². The first kappa shape index (κ1) is 28.7. The summed E-state index contributed by atoms with van der Waals surface area (Å²) in [6.07, 6.45) is 11.7. The quantitative estimate of drug-likeness (QED) is 0.142. The number of nitrogens with two attached hydrogens (primary N) is 1. The van der Waals surface area contributed by atoms with Crippen LogP contribution >= 0.6 is 0 Å². The zero-order valence-electron chi connectivity index (χ0n) is 15.3. The fourth-order valence-corrected chi connectivity index (χ4v) is 2.38. The third kappa shape index (κ3) is 19.9. The molecular formula is C16H39Cl2N5O. The molecule has 0 aliphatic rings. The van der Waals surface area contributed by atoms with Gasteiger partial charge >= 0.3 is 0 Å². The molecule has 0 fully saturated rings. The topological polar surface area (TPSA) is 122 Å². The molecule has 6 nitrogen and oxygen atoms in total. The van der Waals surface area contributed by atoms with Crippen molar-refractivity contribution in [1.82, 2.24) is 10.6 Å². The van der Waals surface area contributed by atoms with Gasteiger partial charge in [0.15, 0.2) is 12.3 Å². The second-order valence-electron chi connectivity index (χ2n) is 6.17. The Bertz CT molecular complexity index is 271. The molecule has 10 N–H and O–H groups in total. The Morgan fingerprint density at radius 3 is 2.00 bits per heavy atom. The van der Waals surface area contributed by atoms with Crippen molar-refractivity contribution in [2.24, 2.45) is 5.73 Å². The summed E-state index contributed by atoms with van der Waals surface area (Å²) in [5.41, 5.74) is 13.1. The summed E-state index contributed by atoms with van der Waals surface area (Å²) < 4.78 is 0. The summed E-state index contributed by atoms with van der Waals surface area (Å²) in [4.78, 5) is 11.8. The van der Waals surface area contributed by atoms with Crippen molar-refractivity contribution in [3.8, 4) is 0 Å². The number of hydrogen-bond acceptors (Lipinski definition) is 3. The first-order valence-corrected chi connectivity index (χ1v) is 9.00. The minimum absolute atomic E-state index is 0. The van der Waals surface area contributed by atoms with Gasteiger partial charge in [0.2, 0.25) is 0 Å². The molecule has 24 heavy (non-hydrogen) atoms.